The predicted molar refractivity (Wildman–Crippen MR) is 235 cm³/mol. The molecule has 58 heavy (non-hydrogen) atoms. The van der Waals surface area contributed by atoms with E-state index in [0.29, 0.717) is 17.2 Å². The van der Waals surface area contributed by atoms with Gasteiger partial charge in [-0.1, -0.05) is 164 Å². The second-order valence-corrected chi connectivity index (χ2v) is 14.1. The maximum absolute atomic E-state index is 9.63. The summed E-state index contributed by atoms with van der Waals surface area (Å²) in [7, 11) is 0. The molecule has 0 aliphatic carbocycles. The molecule has 0 aliphatic rings. The molecule has 5 heteroatoms. The summed E-state index contributed by atoms with van der Waals surface area (Å²) in [4.78, 5) is 20.3. The maximum Gasteiger partial charge on any atom is 0.160 e. The number of nitrogens with zero attached hydrogens (tertiary/aromatic N) is 5. The van der Waals surface area contributed by atoms with E-state index in [1.54, 1.807) is 0 Å². The van der Waals surface area contributed by atoms with Crippen LogP contribution >= 0.6 is 0 Å². The largest absolute Gasteiger partial charge is 0.228 e. The van der Waals surface area contributed by atoms with Crippen molar-refractivity contribution in [3.05, 3.63) is 206 Å². The second-order valence-electron chi connectivity index (χ2n) is 14.1. The zero-order valence-electron chi connectivity index (χ0n) is 31.3. The van der Waals surface area contributed by atoms with Crippen LogP contribution in [0.2, 0.25) is 0 Å². The van der Waals surface area contributed by atoms with Crippen LogP contribution in [-0.4, -0.2) is 19.9 Å². The van der Waals surface area contributed by atoms with Crippen molar-refractivity contribution in [2.75, 3.05) is 0 Å². The SMILES string of the molecule is N#Cc1ccc(-c2cccc(-c3cccc(-c4nc(-c5ccccc5)nc5ccccc45)c3)c2-c2cccc(-c3nc(-c4ccccc4)nc4ccccc34)c2)cc1. The van der Waals surface area contributed by atoms with Gasteiger partial charge in [0, 0.05) is 33.0 Å². The van der Waals surface area contributed by atoms with Gasteiger partial charge in [0.1, 0.15) is 0 Å². The summed E-state index contributed by atoms with van der Waals surface area (Å²) < 4.78 is 0. The van der Waals surface area contributed by atoms with Gasteiger partial charge in [0.25, 0.3) is 0 Å². The summed E-state index contributed by atoms with van der Waals surface area (Å²) in [5.74, 6) is 1.37. The van der Waals surface area contributed by atoms with Crippen LogP contribution < -0.4 is 0 Å². The molecule has 0 fully saturated rings. The van der Waals surface area contributed by atoms with Crippen LogP contribution in [0.3, 0.4) is 0 Å². The number of fused-ring (bicyclic) bond motifs is 2. The van der Waals surface area contributed by atoms with Crippen molar-refractivity contribution in [1.82, 2.24) is 19.9 Å². The second kappa shape index (κ2) is 14.9. The molecule has 0 unspecified atom stereocenters. The molecule has 0 radical (unpaired) electrons. The van der Waals surface area contributed by atoms with Crippen molar-refractivity contribution in [3.8, 4) is 84.7 Å². The van der Waals surface area contributed by atoms with Crippen molar-refractivity contribution in [2.24, 2.45) is 0 Å². The molecule has 8 aromatic carbocycles. The first-order chi connectivity index (χ1) is 28.7. The number of hydrogen-bond donors (Lipinski definition) is 0. The average molecular weight is 740 g/mol. The van der Waals surface area contributed by atoms with Crippen molar-refractivity contribution in [2.45, 2.75) is 0 Å². The summed E-state index contributed by atoms with van der Waals surface area (Å²) in [6.45, 7) is 0. The molecule has 0 aliphatic heterocycles. The standard InChI is InChI=1S/C53H33N5/c54-34-35-28-30-36(31-29-35)43-24-13-25-44(39-18-11-20-41(32-39)50-45-22-7-9-26-47(45)55-52(57-50)37-14-3-1-4-15-37)49(43)40-19-12-21-42(33-40)51-46-23-8-10-27-48(46)56-53(58-51)38-16-5-2-6-17-38/h1-33H. The van der Waals surface area contributed by atoms with Crippen molar-refractivity contribution in [3.63, 3.8) is 0 Å². The minimum absolute atomic E-state index is 0.618. The molecule has 0 N–H and O–H groups in total. The van der Waals surface area contributed by atoms with E-state index in [1.165, 1.54) is 0 Å². The van der Waals surface area contributed by atoms with Gasteiger partial charge in [-0.25, -0.2) is 19.9 Å². The zero-order valence-corrected chi connectivity index (χ0v) is 31.3. The quantitative estimate of drug-likeness (QED) is 0.163. The van der Waals surface area contributed by atoms with Gasteiger partial charge in [0.2, 0.25) is 0 Å². The van der Waals surface area contributed by atoms with Gasteiger partial charge in [-0.3, -0.25) is 0 Å². The third-order valence-electron chi connectivity index (χ3n) is 10.5. The minimum Gasteiger partial charge on any atom is -0.228 e. The molecule has 270 valence electrons. The van der Waals surface area contributed by atoms with Crippen molar-refractivity contribution in [1.29, 1.82) is 5.26 Å². The summed E-state index contributed by atoms with van der Waals surface area (Å²) >= 11 is 0. The molecular weight excluding hydrogens is 707 g/mol. The Morgan fingerprint density at radius 3 is 1.31 bits per heavy atom. The fourth-order valence-electron chi connectivity index (χ4n) is 7.75. The molecule has 0 amide bonds. The lowest BCUT2D eigenvalue weighted by molar-refractivity contribution is 1.23. The van der Waals surface area contributed by atoms with Crippen molar-refractivity contribution >= 4 is 21.8 Å². The first kappa shape index (κ1) is 34.4. The van der Waals surface area contributed by atoms with Gasteiger partial charge in [-0.15, -0.1) is 0 Å². The lowest BCUT2D eigenvalue weighted by atomic mass is 9.86. The van der Waals surface area contributed by atoms with E-state index in [1.807, 2.05) is 121 Å². The highest BCUT2D eigenvalue weighted by molar-refractivity contribution is 6.00. The smallest absolute Gasteiger partial charge is 0.160 e. The van der Waals surface area contributed by atoms with Crippen LogP contribution in [-0.2, 0) is 0 Å². The van der Waals surface area contributed by atoms with Crippen LogP contribution in [0.5, 0.6) is 0 Å². The monoisotopic (exact) mass is 739 g/mol. The van der Waals surface area contributed by atoms with Gasteiger partial charge in [-0.05, 0) is 69.8 Å². The van der Waals surface area contributed by atoms with Crippen LogP contribution in [0.1, 0.15) is 5.56 Å². The third kappa shape index (κ3) is 6.45. The van der Waals surface area contributed by atoms with Gasteiger partial charge in [0.05, 0.1) is 34.1 Å². The number of benzene rings is 8. The van der Waals surface area contributed by atoms with Gasteiger partial charge < -0.3 is 0 Å². The minimum atomic E-state index is 0.618. The molecule has 10 aromatic rings. The number of para-hydroxylation sites is 2. The Labute approximate surface area is 336 Å². The number of aromatic nitrogens is 4. The third-order valence-corrected chi connectivity index (χ3v) is 10.5. The predicted octanol–water partition coefficient (Wildman–Crippen LogP) is 13.1. The molecule has 5 nitrogen and oxygen atoms in total. The van der Waals surface area contributed by atoms with E-state index < -0.39 is 0 Å². The van der Waals surface area contributed by atoms with Crippen LogP contribution in [0.15, 0.2) is 200 Å². The Balaban J connectivity index is 1.17. The molecule has 2 heterocycles. The van der Waals surface area contributed by atoms with Crippen molar-refractivity contribution < 1.29 is 0 Å². The first-order valence-corrected chi connectivity index (χ1v) is 19.2. The van der Waals surface area contributed by atoms with Gasteiger partial charge in [-0.2, -0.15) is 5.26 Å². The van der Waals surface area contributed by atoms with E-state index >= 15 is 0 Å². The number of hydrogen-bond acceptors (Lipinski definition) is 5. The molecule has 0 spiro atoms. The van der Waals surface area contributed by atoms with Crippen LogP contribution in [0.4, 0.5) is 0 Å². The Hall–Kier alpha value is -8.07. The zero-order chi connectivity index (χ0) is 38.8. The van der Waals surface area contributed by atoms with E-state index in [0.717, 1.165) is 88.8 Å². The van der Waals surface area contributed by atoms with E-state index in [-0.39, 0.29) is 0 Å². The summed E-state index contributed by atoms with van der Waals surface area (Å²) in [6, 6.07) is 70.5. The first-order valence-electron chi connectivity index (χ1n) is 19.2. The molecule has 0 saturated carbocycles. The summed E-state index contributed by atoms with van der Waals surface area (Å²) in [6.07, 6.45) is 0. The van der Waals surface area contributed by atoms with E-state index in [4.69, 9.17) is 19.9 Å². The highest BCUT2D eigenvalue weighted by Gasteiger charge is 2.19. The molecule has 0 saturated heterocycles. The normalized spacial score (nSPS) is 11.1. The molecule has 10 rings (SSSR count). The van der Waals surface area contributed by atoms with E-state index in [2.05, 4.69) is 84.9 Å². The van der Waals surface area contributed by atoms with Crippen LogP contribution in [0.25, 0.3) is 100 Å². The summed E-state index contributed by atoms with van der Waals surface area (Å²) in [5, 5.41) is 11.6. The Kier molecular flexibility index (Phi) is 8.83. The fraction of sp³-hybridized carbons (Fsp3) is 0. The lowest BCUT2D eigenvalue weighted by Crippen LogP contribution is -1.96. The lowest BCUT2D eigenvalue weighted by Gasteiger charge is -2.18. The number of nitriles is 1. The topological polar surface area (TPSA) is 75.3 Å². The van der Waals surface area contributed by atoms with E-state index in [9.17, 15) is 5.26 Å². The highest BCUT2D eigenvalue weighted by Crippen LogP contribution is 2.43. The molecule has 0 atom stereocenters. The molecular formula is C53H33N5. The molecule has 0 bridgehead atoms. The average Bonchev–Trinajstić information content (AvgIpc) is 3.31. The van der Waals surface area contributed by atoms with Gasteiger partial charge >= 0.3 is 0 Å². The fourth-order valence-corrected chi connectivity index (χ4v) is 7.75. The summed E-state index contributed by atoms with van der Waals surface area (Å²) in [5.41, 5.74) is 14.4. The maximum atomic E-state index is 9.63. The van der Waals surface area contributed by atoms with Gasteiger partial charge in [0.15, 0.2) is 11.6 Å². The Morgan fingerprint density at radius 2 is 0.759 bits per heavy atom. The Morgan fingerprint density at radius 1 is 0.328 bits per heavy atom. The Bertz CT molecular complexity index is 3170. The highest BCUT2D eigenvalue weighted by atomic mass is 14.9. The molecule has 2 aromatic heterocycles. The van der Waals surface area contributed by atoms with Crippen LogP contribution in [0, 0.1) is 11.3 Å². The number of rotatable bonds is 7.